The zero-order valence-corrected chi connectivity index (χ0v) is 17.9. The Labute approximate surface area is 165 Å². The first kappa shape index (κ1) is 21.1. The molecule has 1 atom stereocenters. The maximum Gasteiger partial charge on any atom is 0.234 e. The molecule has 2 saturated heterocycles. The fraction of sp³-hybridized carbons (Fsp3) is 0.950. The van der Waals surface area contributed by atoms with Gasteiger partial charge in [0, 0.05) is 18.1 Å². The lowest BCUT2D eigenvalue weighted by molar-refractivity contribution is -0.123. The number of sulfone groups is 1. The van der Waals surface area contributed by atoms with E-state index in [2.05, 4.69) is 17.1 Å². The molecule has 0 spiro atoms. The highest BCUT2D eigenvalue weighted by molar-refractivity contribution is 7.91. The molecule has 156 valence electrons. The van der Waals surface area contributed by atoms with Gasteiger partial charge in [-0.1, -0.05) is 13.3 Å². The van der Waals surface area contributed by atoms with Gasteiger partial charge in [-0.15, -0.1) is 0 Å². The summed E-state index contributed by atoms with van der Waals surface area (Å²) < 4.78 is 23.3. The number of carbonyl (C=O) groups is 1. The predicted octanol–water partition coefficient (Wildman–Crippen LogP) is 1.66. The molecule has 1 N–H and O–H groups in total. The number of nitrogens with one attached hydrogen (secondary N) is 1. The van der Waals surface area contributed by atoms with Gasteiger partial charge in [0.2, 0.25) is 5.91 Å². The molecule has 3 rings (SSSR count). The summed E-state index contributed by atoms with van der Waals surface area (Å²) >= 11 is 0. The highest BCUT2D eigenvalue weighted by Gasteiger charge is 2.40. The molecule has 0 unspecified atom stereocenters. The zero-order valence-electron chi connectivity index (χ0n) is 17.1. The topological polar surface area (TPSA) is 69.7 Å². The van der Waals surface area contributed by atoms with Crippen LogP contribution in [0.15, 0.2) is 0 Å². The third-order valence-corrected chi connectivity index (χ3v) is 8.82. The van der Waals surface area contributed by atoms with E-state index in [1.165, 1.54) is 44.9 Å². The number of rotatable bonds is 6. The zero-order chi connectivity index (χ0) is 19.5. The van der Waals surface area contributed by atoms with Crippen LogP contribution < -0.4 is 5.32 Å². The Hall–Kier alpha value is -0.660. The van der Waals surface area contributed by atoms with Gasteiger partial charge in [0.1, 0.15) is 0 Å². The van der Waals surface area contributed by atoms with Crippen molar-refractivity contribution in [2.45, 2.75) is 69.9 Å². The van der Waals surface area contributed by atoms with Gasteiger partial charge in [0.15, 0.2) is 9.84 Å². The monoisotopic (exact) mass is 399 g/mol. The van der Waals surface area contributed by atoms with Crippen molar-refractivity contribution in [2.75, 3.05) is 44.7 Å². The fourth-order valence-electron chi connectivity index (χ4n) is 5.07. The van der Waals surface area contributed by atoms with Crippen molar-refractivity contribution in [3.05, 3.63) is 0 Å². The first-order valence-electron chi connectivity index (χ1n) is 10.7. The van der Waals surface area contributed by atoms with Crippen molar-refractivity contribution in [3.63, 3.8) is 0 Å². The van der Waals surface area contributed by atoms with Crippen molar-refractivity contribution in [3.8, 4) is 0 Å². The number of piperidine rings is 1. The molecule has 0 aromatic carbocycles. The van der Waals surface area contributed by atoms with Crippen LogP contribution >= 0.6 is 0 Å². The van der Waals surface area contributed by atoms with Gasteiger partial charge in [-0.3, -0.25) is 14.6 Å². The minimum Gasteiger partial charge on any atom is -0.353 e. The van der Waals surface area contributed by atoms with Gasteiger partial charge in [-0.2, -0.15) is 0 Å². The van der Waals surface area contributed by atoms with Crippen molar-refractivity contribution in [1.82, 2.24) is 15.1 Å². The Bertz CT molecular complexity index is 608. The lowest BCUT2D eigenvalue weighted by Gasteiger charge is -2.49. The summed E-state index contributed by atoms with van der Waals surface area (Å²) in [7, 11) is -1.05. The third kappa shape index (κ3) is 5.45. The number of hydrogen-bond acceptors (Lipinski definition) is 5. The highest BCUT2D eigenvalue weighted by Crippen LogP contribution is 2.37. The van der Waals surface area contributed by atoms with Crippen molar-refractivity contribution >= 4 is 15.7 Å². The first-order chi connectivity index (χ1) is 12.8. The molecule has 0 radical (unpaired) electrons. The van der Waals surface area contributed by atoms with Crippen molar-refractivity contribution in [2.24, 2.45) is 5.92 Å². The van der Waals surface area contributed by atoms with Gasteiger partial charge in [-0.05, 0) is 71.0 Å². The van der Waals surface area contributed by atoms with Crippen LogP contribution in [0.5, 0.6) is 0 Å². The fourth-order valence-corrected chi connectivity index (χ4v) is 6.88. The molecule has 0 aromatic heterocycles. The van der Waals surface area contributed by atoms with E-state index in [4.69, 9.17) is 0 Å². The second kappa shape index (κ2) is 8.78. The Morgan fingerprint density at radius 1 is 1.15 bits per heavy atom. The van der Waals surface area contributed by atoms with E-state index in [1.807, 2.05) is 11.9 Å². The molecule has 2 heterocycles. The number of likely N-dealkylation sites (N-methyl/N-ethyl adjacent to an activating group) is 1. The Kier molecular flexibility index (Phi) is 6.85. The van der Waals surface area contributed by atoms with Crippen LogP contribution in [0.25, 0.3) is 0 Å². The Morgan fingerprint density at radius 2 is 1.81 bits per heavy atom. The van der Waals surface area contributed by atoms with Gasteiger partial charge in [0.05, 0.1) is 18.1 Å². The van der Waals surface area contributed by atoms with Crippen LogP contribution in [0.3, 0.4) is 0 Å². The molecule has 3 aliphatic rings. The van der Waals surface area contributed by atoms with E-state index >= 15 is 0 Å². The van der Waals surface area contributed by atoms with E-state index < -0.39 is 9.84 Å². The normalized spacial score (nSPS) is 34.6. The van der Waals surface area contributed by atoms with Crippen molar-refractivity contribution < 1.29 is 13.2 Å². The average molecular weight is 400 g/mol. The lowest BCUT2D eigenvalue weighted by Crippen LogP contribution is -2.59. The summed E-state index contributed by atoms with van der Waals surface area (Å²) in [5.41, 5.74) is 0.123. The summed E-state index contributed by atoms with van der Waals surface area (Å²) in [6.45, 7) is 5.67. The Morgan fingerprint density at radius 3 is 2.41 bits per heavy atom. The standard InChI is InChI=1S/C20H37N3O3S/c1-17-6-9-20(10-7-17,23-11-4-3-5-12-23)16-21-19(24)14-22(2)18-8-13-27(25,26)15-18/h17-18H,3-16H2,1-2H3,(H,21,24)/t17?,18-,20?/m1/s1. The summed E-state index contributed by atoms with van der Waals surface area (Å²) in [5.74, 6) is 1.25. The summed E-state index contributed by atoms with van der Waals surface area (Å²) in [6.07, 6.45) is 9.33. The lowest BCUT2D eigenvalue weighted by atomic mass is 9.75. The molecule has 6 nitrogen and oxygen atoms in total. The molecule has 27 heavy (non-hydrogen) atoms. The minimum atomic E-state index is -2.92. The van der Waals surface area contributed by atoms with Crippen molar-refractivity contribution in [1.29, 1.82) is 0 Å². The maximum atomic E-state index is 12.6. The van der Waals surface area contributed by atoms with Gasteiger partial charge >= 0.3 is 0 Å². The van der Waals surface area contributed by atoms with Crippen LogP contribution in [0, 0.1) is 5.92 Å². The molecule has 0 aromatic rings. The molecule has 1 saturated carbocycles. The number of likely N-dealkylation sites (tertiary alicyclic amines) is 1. The van der Waals surface area contributed by atoms with Gasteiger partial charge in [-0.25, -0.2) is 8.42 Å². The summed E-state index contributed by atoms with van der Waals surface area (Å²) in [6, 6.07) is -0.0210. The van der Waals surface area contributed by atoms with E-state index in [-0.39, 0.29) is 35.5 Å². The van der Waals surface area contributed by atoms with Crippen LogP contribution in [0.2, 0.25) is 0 Å². The SMILES string of the molecule is CC1CCC(CNC(=O)CN(C)[C@@H]2CCS(=O)(=O)C2)(N2CCCCC2)CC1. The highest BCUT2D eigenvalue weighted by atomic mass is 32.2. The quantitative estimate of drug-likeness (QED) is 0.736. The number of hydrogen-bond donors (Lipinski definition) is 1. The van der Waals surface area contributed by atoms with E-state index in [0.29, 0.717) is 6.42 Å². The van der Waals surface area contributed by atoms with Crippen LogP contribution in [0.4, 0.5) is 0 Å². The smallest absolute Gasteiger partial charge is 0.234 e. The van der Waals surface area contributed by atoms with E-state index in [1.54, 1.807) is 0 Å². The molecule has 1 aliphatic carbocycles. The molecule has 7 heteroatoms. The Balaban J connectivity index is 1.54. The largest absolute Gasteiger partial charge is 0.353 e. The number of nitrogens with zero attached hydrogens (tertiary/aromatic N) is 2. The van der Waals surface area contributed by atoms with Gasteiger partial charge in [0.25, 0.3) is 0 Å². The summed E-state index contributed by atoms with van der Waals surface area (Å²) in [4.78, 5) is 17.1. The molecular weight excluding hydrogens is 362 g/mol. The molecule has 2 aliphatic heterocycles. The third-order valence-electron chi connectivity index (χ3n) is 7.07. The number of amides is 1. The first-order valence-corrected chi connectivity index (χ1v) is 12.5. The molecule has 0 bridgehead atoms. The molecular formula is C20H37N3O3S. The van der Waals surface area contributed by atoms with Crippen LogP contribution in [-0.4, -0.2) is 80.4 Å². The minimum absolute atomic E-state index is 0.0210. The summed E-state index contributed by atoms with van der Waals surface area (Å²) in [5, 5.41) is 3.21. The molecule has 3 fully saturated rings. The van der Waals surface area contributed by atoms with Gasteiger partial charge < -0.3 is 5.32 Å². The van der Waals surface area contributed by atoms with E-state index in [9.17, 15) is 13.2 Å². The second-order valence-electron chi connectivity index (χ2n) is 9.20. The molecule has 1 amide bonds. The van der Waals surface area contributed by atoms with Crippen LogP contribution in [0.1, 0.15) is 58.3 Å². The second-order valence-corrected chi connectivity index (χ2v) is 11.4. The number of carbonyl (C=O) groups excluding carboxylic acids is 1. The maximum absolute atomic E-state index is 12.6. The average Bonchev–Trinajstić information content (AvgIpc) is 3.02. The predicted molar refractivity (Wildman–Crippen MR) is 108 cm³/mol. The van der Waals surface area contributed by atoms with E-state index in [0.717, 1.165) is 25.6 Å². The van der Waals surface area contributed by atoms with Crippen LogP contribution in [-0.2, 0) is 14.6 Å².